The summed E-state index contributed by atoms with van der Waals surface area (Å²) in [5, 5.41) is 5.15. The predicted octanol–water partition coefficient (Wildman–Crippen LogP) is 5.38. The van der Waals surface area contributed by atoms with Crippen LogP contribution in [0.2, 0.25) is 0 Å². The number of aliphatic imine (C=N–C) groups is 1. The lowest BCUT2D eigenvalue weighted by Crippen LogP contribution is -2.44. The van der Waals surface area contributed by atoms with Gasteiger partial charge in [-0.2, -0.15) is 0 Å². The monoisotopic (exact) mass is 573 g/mol. The van der Waals surface area contributed by atoms with Crippen molar-refractivity contribution in [3.63, 3.8) is 0 Å². The molecule has 0 aliphatic carbocycles. The largest absolute Gasteiger partial charge is 0.392 e. The Morgan fingerprint density at radius 1 is 1.30 bits per heavy atom. The second-order valence-electron chi connectivity index (χ2n) is 11.5. The molecule has 0 aromatic carbocycles. The van der Waals surface area contributed by atoms with Crippen molar-refractivity contribution >= 4 is 29.6 Å². The van der Waals surface area contributed by atoms with Crippen molar-refractivity contribution in [1.29, 1.82) is 0 Å². The molecule has 0 bridgehead atoms. The van der Waals surface area contributed by atoms with E-state index in [-0.39, 0.29) is 35.6 Å². The molecule has 4 unspecified atom stereocenters. The van der Waals surface area contributed by atoms with E-state index in [1.807, 2.05) is 76.1 Å². The third kappa shape index (κ3) is 8.79. The molecule has 0 aromatic rings. The van der Waals surface area contributed by atoms with Crippen molar-refractivity contribution in [3.05, 3.63) is 47.7 Å². The second-order valence-corrected chi connectivity index (χ2v) is 12.0. The van der Waals surface area contributed by atoms with Gasteiger partial charge in [-0.1, -0.05) is 28.9 Å². The number of nitrogens with zero attached hydrogens (tertiary/aromatic N) is 5. The molecule has 3 rings (SSSR count). The average molecular weight is 574 g/mol. The maximum Gasteiger partial charge on any atom is 0.241 e. The molecule has 40 heavy (non-hydrogen) atoms. The molecule has 8 nitrogen and oxygen atoms in total. The average Bonchev–Trinajstić information content (AvgIpc) is 3.44. The van der Waals surface area contributed by atoms with Crippen molar-refractivity contribution in [2.24, 2.45) is 15.6 Å². The van der Waals surface area contributed by atoms with Gasteiger partial charge in [0.15, 0.2) is 5.84 Å². The summed E-state index contributed by atoms with van der Waals surface area (Å²) in [5.74, 6) is 0.983. The number of amidine groups is 1. The van der Waals surface area contributed by atoms with Crippen LogP contribution in [0.4, 0.5) is 0 Å². The van der Waals surface area contributed by atoms with E-state index in [1.165, 1.54) is 0 Å². The summed E-state index contributed by atoms with van der Waals surface area (Å²) < 4.78 is 6.03. The van der Waals surface area contributed by atoms with E-state index >= 15 is 0 Å². The first kappa shape index (κ1) is 32.1. The predicted molar refractivity (Wildman–Crippen MR) is 165 cm³/mol. The summed E-state index contributed by atoms with van der Waals surface area (Å²) in [4.78, 5) is 30.4. The molecule has 0 N–H and O–H groups in total. The summed E-state index contributed by atoms with van der Waals surface area (Å²) in [5.41, 5.74) is 1.04. The van der Waals surface area contributed by atoms with Gasteiger partial charge in [-0.15, -0.1) is 6.58 Å². The van der Waals surface area contributed by atoms with Crippen LogP contribution < -0.4 is 0 Å². The van der Waals surface area contributed by atoms with Crippen LogP contribution in [0.1, 0.15) is 60.8 Å². The number of allylic oxidation sites excluding steroid dienone is 5. The van der Waals surface area contributed by atoms with Crippen molar-refractivity contribution in [2.75, 3.05) is 39.3 Å². The number of ether oxygens (including phenoxy) is 1. The first-order valence-corrected chi connectivity index (χ1v) is 14.9. The summed E-state index contributed by atoms with van der Waals surface area (Å²) in [7, 11) is 0. The van der Waals surface area contributed by atoms with Gasteiger partial charge in [0.05, 0.1) is 25.3 Å². The highest BCUT2D eigenvalue weighted by molar-refractivity contribution is 6.31. The molecule has 222 valence electrons. The Morgan fingerprint density at radius 2 is 2.05 bits per heavy atom. The van der Waals surface area contributed by atoms with Gasteiger partial charge in [0.25, 0.3) is 0 Å². The van der Waals surface area contributed by atoms with Gasteiger partial charge in [0.1, 0.15) is 12.1 Å². The van der Waals surface area contributed by atoms with E-state index in [4.69, 9.17) is 21.2 Å². The Labute approximate surface area is 246 Å². The first-order valence-electron chi connectivity index (χ1n) is 14.5. The van der Waals surface area contributed by atoms with Crippen LogP contribution >= 0.6 is 11.6 Å². The number of halogens is 1. The van der Waals surface area contributed by atoms with E-state index < -0.39 is 0 Å². The topological polar surface area (TPSA) is 70.0 Å². The lowest BCUT2D eigenvalue weighted by molar-refractivity contribution is -0.132. The Hall–Kier alpha value is -2.42. The molecule has 1 spiro atoms. The number of hydrogen-bond acceptors (Lipinski definition) is 6. The van der Waals surface area contributed by atoms with Gasteiger partial charge in [-0.25, -0.2) is 0 Å². The minimum atomic E-state index is -0.262. The van der Waals surface area contributed by atoms with Crippen LogP contribution in [0.3, 0.4) is 0 Å². The third-order valence-electron chi connectivity index (χ3n) is 7.64. The van der Waals surface area contributed by atoms with Crippen molar-refractivity contribution in [3.8, 4) is 0 Å². The van der Waals surface area contributed by atoms with Crippen LogP contribution in [0, 0.1) is 5.41 Å². The molecule has 9 heteroatoms. The highest BCUT2D eigenvalue weighted by Gasteiger charge is 2.45. The van der Waals surface area contributed by atoms with Crippen molar-refractivity contribution in [2.45, 2.75) is 85.1 Å². The van der Waals surface area contributed by atoms with Gasteiger partial charge < -0.3 is 19.4 Å². The fourth-order valence-electron chi connectivity index (χ4n) is 5.76. The molecule has 3 aliphatic heterocycles. The maximum atomic E-state index is 13.6. The molecule has 0 radical (unpaired) electrons. The summed E-state index contributed by atoms with van der Waals surface area (Å²) >= 11 is 6.28. The lowest BCUT2D eigenvalue weighted by atomic mass is 9.86. The second kappa shape index (κ2) is 15.0. The molecule has 3 aliphatic rings. The maximum absolute atomic E-state index is 13.6. The fourth-order valence-corrected chi connectivity index (χ4v) is 6.01. The van der Waals surface area contributed by atoms with Gasteiger partial charge in [0, 0.05) is 48.4 Å². The number of likely N-dealkylation sites (tertiary alicyclic amines) is 2. The molecule has 4 atom stereocenters. The molecule has 2 saturated heterocycles. The zero-order chi connectivity index (χ0) is 29.3. The number of amides is 1. The van der Waals surface area contributed by atoms with Crippen LogP contribution in [-0.4, -0.2) is 96.3 Å². The minimum Gasteiger partial charge on any atom is -0.392 e. The van der Waals surface area contributed by atoms with Crippen LogP contribution in [0.15, 0.2) is 57.8 Å². The third-order valence-corrected chi connectivity index (χ3v) is 7.90. The van der Waals surface area contributed by atoms with Crippen LogP contribution in [0.5, 0.6) is 0 Å². The number of oxime groups is 1. The fraction of sp³-hybridized carbons (Fsp3) is 0.645. The molecule has 0 saturated carbocycles. The Balaban J connectivity index is 1.65. The van der Waals surface area contributed by atoms with Crippen molar-refractivity contribution in [1.82, 2.24) is 14.7 Å². The van der Waals surface area contributed by atoms with E-state index in [0.717, 1.165) is 57.0 Å². The van der Waals surface area contributed by atoms with E-state index in [9.17, 15) is 4.79 Å². The molecule has 0 aromatic heterocycles. The minimum absolute atomic E-state index is 0.00431. The highest BCUT2D eigenvalue weighted by Crippen LogP contribution is 2.40. The Kier molecular flexibility index (Phi) is 12.0. The summed E-state index contributed by atoms with van der Waals surface area (Å²) in [6, 6.07) is -0.148. The quantitative estimate of drug-likeness (QED) is 0.115. The summed E-state index contributed by atoms with van der Waals surface area (Å²) in [6.07, 6.45) is 13.9. The normalized spacial score (nSPS) is 27.8. The Morgan fingerprint density at radius 3 is 2.75 bits per heavy atom. The smallest absolute Gasteiger partial charge is 0.241 e. The van der Waals surface area contributed by atoms with Gasteiger partial charge in [-0.05, 0) is 79.2 Å². The number of carbonyl (C=O) groups excluding carboxylic acids is 1. The van der Waals surface area contributed by atoms with Gasteiger partial charge >= 0.3 is 0 Å². The molecule has 3 heterocycles. The first-order chi connectivity index (χ1) is 19.1. The highest BCUT2D eigenvalue weighted by atomic mass is 35.5. The van der Waals surface area contributed by atoms with E-state index in [1.54, 1.807) is 0 Å². The Bertz CT molecular complexity index is 1040. The summed E-state index contributed by atoms with van der Waals surface area (Å²) in [6.45, 7) is 20.2. The number of hydrogen-bond donors (Lipinski definition) is 0. The number of carbonyl (C=O) groups is 1. The zero-order valence-electron chi connectivity index (χ0n) is 25.2. The van der Waals surface area contributed by atoms with E-state index in [2.05, 4.69) is 33.5 Å². The van der Waals surface area contributed by atoms with Gasteiger partial charge in [0.2, 0.25) is 5.91 Å². The van der Waals surface area contributed by atoms with Crippen LogP contribution in [0.25, 0.3) is 0 Å². The van der Waals surface area contributed by atoms with Crippen LogP contribution in [-0.2, 0) is 14.4 Å². The number of rotatable bonds is 10. The zero-order valence-corrected chi connectivity index (χ0v) is 25.9. The van der Waals surface area contributed by atoms with Crippen molar-refractivity contribution < 1.29 is 14.4 Å². The molecule has 1 amide bonds. The standard InChI is InChI=1S/C31H48ClN5O3/c1-8-10-14-33-26(7)30(34-40-23(3)4)36-16-13-31(22-36)12-15-35(21-31)19-29(38)37-24(5)17-28(39-20-25(37)6)18-27(32)11-9-2/h8-9,11,14,17-18,23,25-26,28H,1,10,12-13,15-16,19-22H2,2-7H3/b11-9-,27-18+,33-14-,34-30+. The lowest BCUT2D eigenvalue weighted by Gasteiger charge is -2.30. The molecular weight excluding hydrogens is 526 g/mol. The molecule has 2 fully saturated rings. The van der Waals surface area contributed by atoms with E-state index in [0.29, 0.717) is 18.2 Å². The van der Waals surface area contributed by atoms with Gasteiger partial charge in [-0.3, -0.25) is 14.7 Å². The molecular formula is C31H48ClN5O3. The SMILES string of the molecule is C=CC/C=N\C(C)/C(=N\OC(C)C)N1CCC2(CCN(CC(=O)N3C(C)=CC(/C=C(Cl)\C=C/C)OCC3C)C2)C1.